The lowest BCUT2D eigenvalue weighted by molar-refractivity contribution is 0.373. The number of rotatable bonds is 2. The Bertz CT molecular complexity index is 618. The van der Waals surface area contributed by atoms with Gasteiger partial charge in [0.15, 0.2) is 11.4 Å². The molecule has 3 heterocycles. The standard InChI is InChI=1S/C9H6ClN5O/c10-8-4-11-7-3-12-15(9(7)14-8)5-6-1-2-13-16-6/h1-4H,5H2. The van der Waals surface area contributed by atoms with Gasteiger partial charge >= 0.3 is 0 Å². The Morgan fingerprint density at radius 3 is 3.12 bits per heavy atom. The fourth-order valence-corrected chi connectivity index (χ4v) is 1.54. The summed E-state index contributed by atoms with van der Waals surface area (Å²) >= 11 is 5.78. The molecule has 0 radical (unpaired) electrons. The summed E-state index contributed by atoms with van der Waals surface area (Å²) in [4.78, 5) is 8.26. The van der Waals surface area contributed by atoms with Crippen LogP contribution >= 0.6 is 11.6 Å². The maximum absolute atomic E-state index is 5.78. The molecule has 7 heteroatoms. The minimum Gasteiger partial charge on any atom is -0.359 e. The van der Waals surface area contributed by atoms with Gasteiger partial charge in [0.05, 0.1) is 18.6 Å². The maximum Gasteiger partial charge on any atom is 0.178 e. The Morgan fingerprint density at radius 1 is 1.38 bits per heavy atom. The van der Waals surface area contributed by atoms with Crippen molar-refractivity contribution in [2.45, 2.75) is 6.54 Å². The molecule has 0 fully saturated rings. The van der Waals surface area contributed by atoms with Crippen molar-refractivity contribution in [1.82, 2.24) is 24.9 Å². The van der Waals surface area contributed by atoms with Gasteiger partial charge in [-0.15, -0.1) is 0 Å². The second-order valence-electron chi connectivity index (χ2n) is 3.18. The highest BCUT2D eigenvalue weighted by Gasteiger charge is 2.08. The lowest BCUT2D eigenvalue weighted by atomic mass is 10.4. The molecule has 0 saturated heterocycles. The smallest absolute Gasteiger partial charge is 0.178 e. The quantitative estimate of drug-likeness (QED) is 0.674. The van der Waals surface area contributed by atoms with E-state index in [1.807, 2.05) is 0 Å². The van der Waals surface area contributed by atoms with Gasteiger partial charge in [0, 0.05) is 6.07 Å². The molecular formula is C9H6ClN5O. The minimum atomic E-state index is 0.340. The van der Waals surface area contributed by atoms with Gasteiger partial charge in [-0.1, -0.05) is 16.8 Å². The van der Waals surface area contributed by atoms with Crippen LogP contribution in [0, 0.1) is 0 Å². The fourth-order valence-electron chi connectivity index (χ4n) is 1.41. The Balaban J connectivity index is 2.07. The average molecular weight is 236 g/mol. The minimum absolute atomic E-state index is 0.340. The first kappa shape index (κ1) is 9.29. The van der Waals surface area contributed by atoms with Gasteiger partial charge in [0.2, 0.25) is 0 Å². The molecule has 3 aromatic heterocycles. The van der Waals surface area contributed by atoms with Crippen molar-refractivity contribution >= 4 is 22.8 Å². The molecule has 0 amide bonds. The third-order valence-corrected chi connectivity index (χ3v) is 2.29. The van der Waals surface area contributed by atoms with Gasteiger partial charge in [-0.25, -0.2) is 14.6 Å². The molecule has 0 N–H and O–H groups in total. The molecule has 0 bridgehead atoms. The van der Waals surface area contributed by atoms with Crippen LogP contribution in [0.15, 0.2) is 29.2 Å². The van der Waals surface area contributed by atoms with Crippen LogP contribution in [0.5, 0.6) is 0 Å². The molecule has 16 heavy (non-hydrogen) atoms. The zero-order valence-corrected chi connectivity index (χ0v) is 8.79. The number of aromatic nitrogens is 5. The van der Waals surface area contributed by atoms with Gasteiger partial charge in [0.1, 0.15) is 17.2 Å². The van der Waals surface area contributed by atoms with Gasteiger partial charge in [-0.05, 0) is 0 Å². The maximum atomic E-state index is 5.78. The number of hydrogen-bond acceptors (Lipinski definition) is 5. The first-order valence-corrected chi connectivity index (χ1v) is 4.94. The lowest BCUT2D eigenvalue weighted by Gasteiger charge is -1.98. The van der Waals surface area contributed by atoms with Crippen LogP contribution < -0.4 is 0 Å². The zero-order valence-electron chi connectivity index (χ0n) is 8.04. The van der Waals surface area contributed by atoms with E-state index in [9.17, 15) is 0 Å². The van der Waals surface area contributed by atoms with Gasteiger partial charge in [-0.2, -0.15) is 5.10 Å². The van der Waals surface area contributed by atoms with E-state index in [2.05, 4.69) is 20.2 Å². The van der Waals surface area contributed by atoms with E-state index in [0.29, 0.717) is 28.6 Å². The summed E-state index contributed by atoms with van der Waals surface area (Å²) in [7, 11) is 0. The van der Waals surface area contributed by atoms with E-state index >= 15 is 0 Å². The fraction of sp³-hybridized carbons (Fsp3) is 0.111. The van der Waals surface area contributed by atoms with Crippen molar-refractivity contribution in [1.29, 1.82) is 0 Å². The first-order chi connectivity index (χ1) is 7.83. The van der Waals surface area contributed by atoms with Crippen molar-refractivity contribution < 1.29 is 4.52 Å². The molecule has 3 rings (SSSR count). The molecule has 0 aliphatic rings. The normalized spacial score (nSPS) is 11.1. The van der Waals surface area contributed by atoms with Crippen LogP contribution in [-0.2, 0) is 6.54 Å². The molecule has 3 aromatic rings. The second-order valence-corrected chi connectivity index (χ2v) is 3.57. The van der Waals surface area contributed by atoms with Crippen molar-refractivity contribution in [3.63, 3.8) is 0 Å². The molecular weight excluding hydrogens is 230 g/mol. The molecule has 0 spiro atoms. The first-order valence-electron chi connectivity index (χ1n) is 4.56. The van der Waals surface area contributed by atoms with Crippen molar-refractivity contribution in [3.05, 3.63) is 35.6 Å². The SMILES string of the molecule is Clc1cnc2cnn(Cc3ccno3)c2n1. The van der Waals surface area contributed by atoms with E-state index < -0.39 is 0 Å². The molecule has 0 aromatic carbocycles. The molecule has 0 unspecified atom stereocenters. The van der Waals surface area contributed by atoms with E-state index in [0.717, 1.165) is 0 Å². The highest BCUT2D eigenvalue weighted by atomic mass is 35.5. The summed E-state index contributed by atoms with van der Waals surface area (Å²) in [5.41, 5.74) is 1.33. The number of fused-ring (bicyclic) bond motifs is 1. The molecule has 0 aliphatic heterocycles. The van der Waals surface area contributed by atoms with Gasteiger partial charge in [-0.3, -0.25) is 0 Å². The second kappa shape index (κ2) is 3.57. The van der Waals surface area contributed by atoms with E-state index in [1.165, 1.54) is 6.20 Å². The molecule has 80 valence electrons. The molecule has 0 atom stereocenters. The Hall–Kier alpha value is -1.95. The van der Waals surface area contributed by atoms with Gasteiger partial charge < -0.3 is 4.52 Å². The topological polar surface area (TPSA) is 69.6 Å². The number of halogens is 1. The van der Waals surface area contributed by atoms with E-state index in [-0.39, 0.29) is 0 Å². The molecule has 0 aliphatic carbocycles. The monoisotopic (exact) mass is 235 g/mol. The summed E-state index contributed by atoms with van der Waals surface area (Å²) in [6.07, 6.45) is 4.71. The summed E-state index contributed by atoms with van der Waals surface area (Å²) in [5.74, 6) is 0.701. The summed E-state index contributed by atoms with van der Waals surface area (Å²) in [6, 6.07) is 1.77. The van der Waals surface area contributed by atoms with Crippen LogP contribution in [0.1, 0.15) is 5.76 Å². The predicted molar refractivity (Wildman–Crippen MR) is 55.9 cm³/mol. The Morgan fingerprint density at radius 2 is 2.31 bits per heavy atom. The third kappa shape index (κ3) is 1.53. The van der Waals surface area contributed by atoms with Crippen LogP contribution in [0.3, 0.4) is 0 Å². The zero-order chi connectivity index (χ0) is 11.0. The predicted octanol–water partition coefficient (Wildman–Crippen LogP) is 1.52. The summed E-state index contributed by atoms with van der Waals surface area (Å²) < 4.78 is 6.66. The van der Waals surface area contributed by atoms with E-state index in [1.54, 1.807) is 23.1 Å². The van der Waals surface area contributed by atoms with Crippen LogP contribution in [0.25, 0.3) is 11.2 Å². The number of hydrogen-bond donors (Lipinski definition) is 0. The van der Waals surface area contributed by atoms with Crippen LogP contribution in [0.2, 0.25) is 5.15 Å². The van der Waals surface area contributed by atoms with Gasteiger partial charge in [0.25, 0.3) is 0 Å². The summed E-state index contributed by atoms with van der Waals surface area (Å²) in [6.45, 7) is 0.457. The van der Waals surface area contributed by atoms with Crippen molar-refractivity contribution in [2.75, 3.05) is 0 Å². The highest BCUT2D eigenvalue weighted by Crippen LogP contribution is 2.13. The molecule has 6 nitrogen and oxygen atoms in total. The van der Waals surface area contributed by atoms with Crippen molar-refractivity contribution in [2.24, 2.45) is 0 Å². The Kier molecular flexibility index (Phi) is 2.07. The van der Waals surface area contributed by atoms with E-state index in [4.69, 9.17) is 16.1 Å². The number of nitrogens with zero attached hydrogens (tertiary/aromatic N) is 5. The van der Waals surface area contributed by atoms with Crippen LogP contribution in [-0.4, -0.2) is 24.9 Å². The largest absolute Gasteiger partial charge is 0.359 e. The highest BCUT2D eigenvalue weighted by molar-refractivity contribution is 6.29. The van der Waals surface area contributed by atoms with Crippen molar-refractivity contribution in [3.8, 4) is 0 Å². The Labute approximate surface area is 94.9 Å². The van der Waals surface area contributed by atoms with Crippen LogP contribution in [0.4, 0.5) is 0 Å². The third-order valence-electron chi connectivity index (χ3n) is 2.11. The molecule has 0 saturated carbocycles. The lowest BCUT2D eigenvalue weighted by Crippen LogP contribution is -2.01. The average Bonchev–Trinajstić information content (AvgIpc) is 2.90. The summed E-state index contributed by atoms with van der Waals surface area (Å²) in [5, 5.41) is 8.12.